The van der Waals surface area contributed by atoms with Crippen LogP contribution in [0, 0.1) is 0 Å². The normalized spacial score (nSPS) is 11.2. The minimum atomic E-state index is -2.33. The van der Waals surface area contributed by atoms with Crippen LogP contribution in [0.15, 0.2) is 24.3 Å². The van der Waals surface area contributed by atoms with Crippen molar-refractivity contribution in [1.82, 2.24) is 10.6 Å². The first-order chi connectivity index (χ1) is 14.3. The molecular formula is C20H36N2O8. The van der Waals surface area contributed by atoms with Gasteiger partial charge in [-0.25, -0.2) is 14.8 Å². The largest absolute Gasteiger partial charge is 0.419 e. The van der Waals surface area contributed by atoms with Crippen LogP contribution in [0.1, 0.15) is 52.4 Å². The van der Waals surface area contributed by atoms with E-state index in [2.05, 4.69) is 33.7 Å². The molecule has 0 fully saturated rings. The van der Waals surface area contributed by atoms with Crippen molar-refractivity contribution in [2.45, 2.75) is 58.3 Å². The lowest BCUT2D eigenvalue weighted by molar-refractivity contribution is -0.584. The maximum absolute atomic E-state index is 11.9. The number of esters is 2. The molecule has 0 aliphatic heterocycles. The van der Waals surface area contributed by atoms with Crippen LogP contribution < -0.4 is 10.6 Å². The Bertz CT molecular complexity index is 511. The summed E-state index contributed by atoms with van der Waals surface area (Å²) in [6.45, 7) is 12.0. The van der Waals surface area contributed by atoms with E-state index < -0.39 is 17.9 Å². The lowest BCUT2D eigenvalue weighted by Gasteiger charge is -2.29. The first kappa shape index (κ1) is 28.2. The van der Waals surface area contributed by atoms with E-state index in [1.165, 1.54) is 13.8 Å². The summed E-state index contributed by atoms with van der Waals surface area (Å²) in [5, 5.41) is 27.3. The SMILES string of the molecule is C=C(C)C(=O)OC(CNCCCCCCNCCCCO)(OOO)OC(=O)C(=C)C. The summed E-state index contributed by atoms with van der Waals surface area (Å²) in [5.41, 5.74) is 0.0783. The van der Waals surface area contributed by atoms with Gasteiger partial charge in [0.25, 0.3) is 0 Å². The highest BCUT2D eigenvalue weighted by Crippen LogP contribution is 2.19. The van der Waals surface area contributed by atoms with Gasteiger partial charge >= 0.3 is 17.9 Å². The Balaban J connectivity index is 4.40. The van der Waals surface area contributed by atoms with Crippen LogP contribution in [-0.4, -0.2) is 61.1 Å². The molecule has 4 N–H and O–H groups in total. The number of ether oxygens (including phenoxy) is 2. The van der Waals surface area contributed by atoms with Crippen molar-refractivity contribution in [3.8, 4) is 0 Å². The fourth-order valence-corrected chi connectivity index (χ4v) is 2.25. The second-order valence-corrected chi connectivity index (χ2v) is 6.95. The van der Waals surface area contributed by atoms with E-state index in [-0.39, 0.29) is 24.3 Å². The molecule has 0 amide bonds. The van der Waals surface area contributed by atoms with E-state index in [1.807, 2.05) is 0 Å². The molecule has 0 rings (SSSR count). The minimum absolute atomic E-state index is 0.0391. The number of hydrogen-bond donors (Lipinski definition) is 4. The number of aliphatic hydroxyl groups is 1. The van der Waals surface area contributed by atoms with Gasteiger partial charge in [-0.3, -0.25) is 0 Å². The standard InChI is InChI=1S/C20H36N2O8/c1-16(2)18(24)27-20(29-30-26,28-19(25)17(3)4)15-22-13-8-6-5-7-11-21-12-9-10-14-23/h21-23,26H,1,3,5-15H2,2,4H3. The molecule has 0 aromatic rings. The summed E-state index contributed by atoms with van der Waals surface area (Å²) < 4.78 is 10.1. The molecule has 0 spiro atoms. The van der Waals surface area contributed by atoms with Crippen molar-refractivity contribution in [1.29, 1.82) is 0 Å². The van der Waals surface area contributed by atoms with Gasteiger partial charge in [-0.15, -0.1) is 4.89 Å². The number of unbranched alkanes of at least 4 members (excludes halogenated alkanes) is 4. The van der Waals surface area contributed by atoms with Gasteiger partial charge in [0.1, 0.15) is 6.54 Å². The predicted octanol–water partition coefficient (Wildman–Crippen LogP) is 1.81. The molecule has 0 atom stereocenters. The van der Waals surface area contributed by atoms with E-state index in [1.54, 1.807) is 0 Å². The molecule has 174 valence electrons. The predicted molar refractivity (Wildman–Crippen MR) is 110 cm³/mol. The van der Waals surface area contributed by atoms with Crippen molar-refractivity contribution in [2.75, 3.05) is 32.8 Å². The van der Waals surface area contributed by atoms with Crippen molar-refractivity contribution in [2.24, 2.45) is 0 Å². The summed E-state index contributed by atoms with van der Waals surface area (Å²) in [4.78, 5) is 28.4. The molecule has 0 unspecified atom stereocenters. The molecule has 0 aliphatic rings. The van der Waals surface area contributed by atoms with Gasteiger partial charge in [0.05, 0.1) is 0 Å². The fourth-order valence-electron chi connectivity index (χ4n) is 2.25. The van der Waals surface area contributed by atoms with Crippen LogP contribution in [0.4, 0.5) is 0 Å². The van der Waals surface area contributed by atoms with Gasteiger partial charge in [0.2, 0.25) is 0 Å². The van der Waals surface area contributed by atoms with Crippen molar-refractivity contribution >= 4 is 11.9 Å². The highest BCUT2D eigenvalue weighted by atomic mass is 17.5. The van der Waals surface area contributed by atoms with E-state index in [0.717, 1.165) is 51.6 Å². The molecule has 0 aromatic heterocycles. The van der Waals surface area contributed by atoms with E-state index in [9.17, 15) is 9.59 Å². The Kier molecular flexibility index (Phi) is 15.9. The Morgan fingerprint density at radius 3 is 1.73 bits per heavy atom. The molecule has 10 nitrogen and oxygen atoms in total. The summed E-state index contributed by atoms with van der Waals surface area (Å²) in [7, 11) is 0. The average Bonchev–Trinajstić information content (AvgIpc) is 2.68. The quantitative estimate of drug-likeness (QED) is 0.0597. The van der Waals surface area contributed by atoms with Crippen LogP contribution in [0.25, 0.3) is 0 Å². The summed E-state index contributed by atoms with van der Waals surface area (Å²) >= 11 is 0. The second kappa shape index (κ2) is 16.9. The number of aliphatic hydroxyl groups excluding tert-OH is 1. The summed E-state index contributed by atoms with van der Waals surface area (Å²) in [6.07, 6.45) is 5.64. The third-order valence-electron chi connectivity index (χ3n) is 3.92. The molecular weight excluding hydrogens is 396 g/mol. The highest BCUT2D eigenvalue weighted by molar-refractivity contribution is 5.88. The smallest absolute Gasteiger partial charge is 0.396 e. The van der Waals surface area contributed by atoms with Gasteiger partial charge in [-0.05, 0) is 59.2 Å². The van der Waals surface area contributed by atoms with E-state index >= 15 is 0 Å². The first-order valence-electron chi connectivity index (χ1n) is 10.1. The lowest BCUT2D eigenvalue weighted by atomic mass is 10.2. The molecule has 0 saturated heterocycles. The topological polar surface area (TPSA) is 136 Å². The zero-order valence-corrected chi connectivity index (χ0v) is 18.0. The Morgan fingerprint density at radius 1 is 0.833 bits per heavy atom. The van der Waals surface area contributed by atoms with Crippen LogP contribution in [0.2, 0.25) is 0 Å². The number of nitrogens with one attached hydrogen (secondary N) is 2. The summed E-state index contributed by atoms with van der Waals surface area (Å²) in [6, 6.07) is 0. The first-order valence-corrected chi connectivity index (χ1v) is 10.1. The van der Waals surface area contributed by atoms with E-state index in [4.69, 9.17) is 19.8 Å². The van der Waals surface area contributed by atoms with Gasteiger partial charge in [0, 0.05) is 17.8 Å². The highest BCUT2D eigenvalue weighted by Gasteiger charge is 2.43. The molecule has 0 bridgehead atoms. The van der Waals surface area contributed by atoms with Crippen molar-refractivity contribution in [3.63, 3.8) is 0 Å². The minimum Gasteiger partial charge on any atom is -0.396 e. The molecule has 0 aliphatic carbocycles. The molecule has 10 heteroatoms. The van der Waals surface area contributed by atoms with Crippen molar-refractivity contribution in [3.05, 3.63) is 24.3 Å². The molecule has 30 heavy (non-hydrogen) atoms. The fraction of sp³-hybridized carbons (Fsp3) is 0.700. The third kappa shape index (κ3) is 13.4. The molecule has 0 saturated carbocycles. The summed E-state index contributed by atoms with van der Waals surface area (Å²) in [5.74, 6) is -4.12. The Morgan fingerprint density at radius 2 is 1.30 bits per heavy atom. The average molecular weight is 433 g/mol. The number of hydrogen-bond acceptors (Lipinski definition) is 10. The second-order valence-electron chi connectivity index (χ2n) is 6.95. The van der Waals surface area contributed by atoms with Gasteiger partial charge in [0.15, 0.2) is 0 Å². The molecule has 0 aromatic carbocycles. The number of carbonyl (C=O) groups is 2. The zero-order chi connectivity index (χ0) is 22.8. The lowest BCUT2D eigenvalue weighted by Crippen LogP contribution is -2.50. The maximum atomic E-state index is 11.9. The van der Waals surface area contributed by atoms with Crippen LogP contribution >= 0.6 is 0 Å². The zero-order valence-electron chi connectivity index (χ0n) is 18.0. The van der Waals surface area contributed by atoms with Gasteiger partial charge in [-0.1, -0.05) is 31.0 Å². The Labute approximate surface area is 178 Å². The van der Waals surface area contributed by atoms with Crippen LogP contribution in [-0.2, 0) is 29.0 Å². The molecule has 0 radical (unpaired) electrons. The van der Waals surface area contributed by atoms with Crippen LogP contribution in [0.3, 0.4) is 0 Å². The van der Waals surface area contributed by atoms with Gasteiger partial charge < -0.3 is 25.2 Å². The van der Waals surface area contributed by atoms with E-state index in [0.29, 0.717) is 6.54 Å². The monoisotopic (exact) mass is 432 g/mol. The maximum Gasteiger partial charge on any atom is 0.419 e. The van der Waals surface area contributed by atoms with Crippen LogP contribution in [0.5, 0.6) is 0 Å². The molecule has 0 heterocycles. The van der Waals surface area contributed by atoms with Gasteiger partial charge in [-0.2, -0.15) is 0 Å². The van der Waals surface area contributed by atoms with Crippen molar-refractivity contribution < 1.29 is 39.4 Å². The number of carbonyl (C=O) groups excluding carboxylic acids is 2. The third-order valence-corrected chi connectivity index (χ3v) is 3.92. The Hall–Kier alpha value is -1.82. The number of rotatable bonds is 19.